The van der Waals surface area contributed by atoms with E-state index in [4.69, 9.17) is 15.0 Å². The SMILES string of the molecule is c1ccc(-c2nc(-c3ccccc3)nc(-c3cccc4c5ccccc5c5ccc(-c6ccc7c(c6)-c6ccccc6C7(c6ccccc6)c6ccccc6)cc5c34)n2)cc1. The predicted octanol–water partition coefficient (Wildman–Crippen LogP) is 14.4. The zero-order chi connectivity index (χ0) is 40.3. The fraction of sp³-hybridized carbons (Fsp3) is 0.0172. The number of fused-ring (bicyclic) bond motifs is 9. The van der Waals surface area contributed by atoms with Gasteiger partial charge in [-0.15, -0.1) is 0 Å². The number of nitrogens with zero attached hydrogens (tertiary/aromatic N) is 3. The van der Waals surface area contributed by atoms with Gasteiger partial charge in [-0.05, 0) is 83.6 Å². The van der Waals surface area contributed by atoms with Crippen molar-refractivity contribution < 1.29 is 0 Å². The van der Waals surface area contributed by atoms with Crippen LogP contribution in [0, 0.1) is 0 Å². The van der Waals surface area contributed by atoms with Crippen LogP contribution in [0.3, 0.4) is 0 Å². The van der Waals surface area contributed by atoms with Crippen LogP contribution in [0.5, 0.6) is 0 Å². The Bertz CT molecular complexity index is 3360. The van der Waals surface area contributed by atoms with Crippen molar-refractivity contribution in [2.75, 3.05) is 0 Å². The standard InChI is InChI=1S/C58H37N3/c1-5-18-38(19-6-1)55-59-56(39-20-7-2-8-21-39)61-57(60-55)49-30-17-29-48-45-27-14-13-26-44(45)46-34-32-40(37-51(46)54(48)49)41-33-35-53-50(36-41)47-28-15-16-31-52(47)58(53,42-22-9-3-10-23-42)43-24-11-4-12-25-43/h1-37H. The molecule has 3 nitrogen and oxygen atoms in total. The summed E-state index contributed by atoms with van der Waals surface area (Å²) in [7, 11) is 0. The Kier molecular flexibility index (Phi) is 8.07. The van der Waals surface area contributed by atoms with Gasteiger partial charge in [0.25, 0.3) is 0 Å². The Balaban J connectivity index is 1.11. The maximum absolute atomic E-state index is 5.22. The summed E-state index contributed by atoms with van der Waals surface area (Å²) < 4.78 is 0. The van der Waals surface area contributed by atoms with Crippen molar-refractivity contribution >= 4 is 32.3 Å². The second kappa shape index (κ2) is 14.1. The van der Waals surface area contributed by atoms with Gasteiger partial charge >= 0.3 is 0 Å². The van der Waals surface area contributed by atoms with Gasteiger partial charge in [0.1, 0.15) is 0 Å². The Morgan fingerprint density at radius 1 is 0.262 bits per heavy atom. The minimum Gasteiger partial charge on any atom is -0.208 e. The van der Waals surface area contributed by atoms with Gasteiger partial charge < -0.3 is 0 Å². The lowest BCUT2D eigenvalue weighted by Crippen LogP contribution is -2.28. The Hall–Kier alpha value is -8.01. The third-order valence-corrected chi connectivity index (χ3v) is 12.6. The van der Waals surface area contributed by atoms with E-state index >= 15 is 0 Å². The molecular formula is C58H37N3. The van der Waals surface area contributed by atoms with E-state index in [9.17, 15) is 0 Å². The van der Waals surface area contributed by atoms with Crippen LogP contribution in [-0.4, -0.2) is 15.0 Å². The van der Waals surface area contributed by atoms with E-state index < -0.39 is 5.41 Å². The lowest BCUT2D eigenvalue weighted by Gasteiger charge is -2.33. The molecule has 11 aromatic rings. The van der Waals surface area contributed by atoms with Crippen molar-refractivity contribution in [3.05, 3.63) is 247 Å². The summed E-state index contributed by atoms with van der Waals surface area (Å²) in [5, 5.41) is 7.07. The topological polar surface area (TPSA) is 38.7 Å². The van der Waals surface area contributed by atoms with E-state index in [1.54, 1.807) is 0 Å². The number of rotatable bonds is 6. The first-order valence-corrected chi connectivity index (χ1v) is 20.9. The first kappa shape index (κ1) is 35.0. The molecule has 0 spiro atoms. The average Bonchev–Trinajstić information content (AvgIpc) is 3.65. The van der Waals surface area contributed by atoms with Crippen LogP contribution in [0.1, 0.15) is 22.3 Å². The highest BCUT2D eigenvalue weighted by atomic mass is 15.0. The first-order valence-electron chi connectivity index (χ1n) is 20.9. The minimum absolute atomic E-state index is 0.442. The molecule has 0 fully saturated rings. The van der Waals surface area contributed by atoms with Gasteiger partial charge in [-0.3, -0.25) is 0 Å². The highest BCUT2D eigenvalue weighted by Crippen LogP contribution is 2.56. The molecule has 0 N–H and O–H groups in total. The summed E-state index contributed by atoms with van der Waals surface area (Å²) >= 11 is 0. The number of hydrogen-bond donors (Lipinski definition) is 0. The maximum atomic E-state index is 5.22. The molecule has 0 saturated heterocycles. The zero-order valence-corrected chi connectivity index (χ0v) is 33.2. The molecule has 284 valence electrons. The molecule has 1 aliphatic carbocycles. The first-order chi connectivity index (χ1) is 30.3. The second-order valence-electron chi connectivity index (χ2n) is 15.9. The molecule has 61 heavy (non-hydrogen) atoms. The molecule has 0 amide bonds. The summed E-state index contributed by atoms with van der Waals surface area (Å²) in [5.41, 5.74) is 12.4. The van der Waals surface area contributed by atoms with E-state index in [0.717, 1.165) is 33.0 Å². The average molecular weight is 776 g/mol. The quantitative estimate of drug-likeness (QED) is 0.158. The highest BCUT2D eigenvalue weighted by Gasteiger charge is 2.46. The Morgan fingerprint density at radius 2 is 0.721 bits per heavy atom. The third-order valence-electron chi connectivity index (χ3n) is 12.6. The summed E-state index contributed by atoms with van der Waals surface area (Å²) in [5.74, 6) is 1.94. The van der Waals surface area contributed by atoms with Crippen LogP contribution < -0.4 is 0 Å². The lowest BCUT2D eigenvalue weighted by atomic mass is 9.67. The van der Waals surface area contributed by atoms with Gasteiger partial charge in [0.2, 0.25) is 0 Å². The molecule has 0 radical (unpaired) electrons. The molecule has 0 aliphatic heterocycles. The Labute approximate surface area is 354 Å². The zero-order valence-electron chi connectivity index (χ0n) is 33.2. The molecule has 0 atom stereocenters. The van der Waals surface area contributed by atoms with Gasteiger partial charge in [-0.2, -0.15) is 0 Å². The van der Waals surface area contributed by atoms with Crippen LogP contribution >= 0.6 is 0 Å². The normalized spacial score (nSPS) is 12.7. The lowest BCUT2D eigenvalue weighted by molar-refractivity contribution is 0.768. The molecule has 1 aromatic heterocycles. The van der Waals surface area contributed by atoms with Crippen LogP contribution in [0.4, 0.5) is 0 Å². The van der Waals surface area contributed by atoms with Crippen molar-refractivity contribution in [3.8, 4) is 56.4 Å². The van der Waals surface area contributed by atoms with Gasteiger partial charge in [0, 0.05) is 22.1 Å². The molecule has 10 aromatic carbocycles. The van der Waals surface area contributed by atoms with E-state index in [1.807, 2.05) is 36.4 Å². The number of hydrogen-bond acceptors (Lipinski definition) is 3. The van der Waals surface area contributed by atoms with Crippen LogP contribution in [-0.2, 0) is 5.41 Å². The van der Waals surface area contributed by atoms with E-state index in [2.05, 4.69) is 188 Å². The smallest absolute Gasteiger partial charge is 0.164 e. The van der Waals surface area contributed by atoms with Crippen LogP contribution in [0.15, 0.2) is 224 Å². The molecule has 3 heteroatoms. The van der Waals surface area contributed by atoms with Crippen molar-refractivity contribution in [1.29, 1.82) is 0 Å². The third kappa shape index (κ3) is 5.48. The summed E-state index contributed by atoms with van der Waals surface area (Å²) in [4.78, 5) is 15.5. The van der Waals surface area contributed by atoms with Crippen molar-refractivity contribution in [1.82, 2.24) is 15.0 Å². The maximum Gasteiger partial charge on any atom is 0.164 e. The molecule has 0 unspecified atom stereocenters. The predicted molar refractivity (Wildman–Crippen MR) is 251 cm³/mol. The van der Waals surface area contributed by atoms with Crippen LogP contribution in [0.25, 0.3) is 88.7 Å². The summed E-state index contributed by atoms with van der Waals surface area (Å²) in [6, 6.07) is 80.7. The van der Waals surface area contributed by atoms with Crippen molar-refractivity contribution in [2.45, 2.75) is 5.41 Å². The van der Waals surface area contributed by atoms with Crippen molar-refractivity contribution in [2.24, 2.45) is 0 Å². The number of aromatic nitrogens is 3. The monoisotopic (exact) mass is 775 g/mol. The fourth-order valence-corrected chi connectivity index (χ4v) is 9.93. The summed E-state index contributed by atoms with van der Waals surface area (Å²) in [6.07, 6.45) is 0. The fourth-order valence-electron chi connectivity index (χ4n) is 9.93. The highest BCUT2D eigenvalue weighted by molar-refractivity contribution is 6.28. The van der Waals surface area contributed by atoms with Gasteiger partial charge in [-0.25, -0.2) is 15.0 Å². The molecule has 0 saturated carbocycles. The Morgan fingerprint density at radius 3 is 1.38 bits per heavy atom. The van der Waals surface area contributed by atoms with Gasteiger partial charge in [0.15, 0.2) is 17.5 Å². The molecule has 12 rings (SSSR count). The number of benzene rings is 10. The molecule has 1 aliphatic rings. The second-order valence-corrected chi connectivity index (χ2v) is 15.9. The molecule has 0 bridgehead atoms. The molecular weight excluding hydrogens is 739 g/mol. The van der Waals surface area contributed by atoms with E-state index in [-0.39, 0.29) is 0 Å². The van der Waals surface area contributed by atoms with Crippen molar-refractivity contribution in [3.63, 3.8) is 0 Å². The molecule has 1 heterocycles. The van der Waals surface area contributed by atoms with Crippen LogP contribution in [0.2, 0.25) is 0 Å². The van der Waals surface area contributed by atoms with E-state index in [0.29, 0.717) is 17.5 Å². The summed E-state index contributed by atoms with van der Waals surface area (Å²) in [6.45, 7) is 0. The van der Waals surface area contributed by atoms with Gasteiger partial charge in [-0.1, -0.05) is 212 Å². The van der Waals surface area contributed by atoms with E-state index in [1.165, 1.54) is 60.5 Å². The minimum atomic E-state index is -0.442. The largest absolute Gasteiger partial charge is 0.208 e. The van der Waals surface area contributed by atoms with Gasteiger partial charge in [0.05, 0.1) is 5.41 Å².